The van der Waals surface area contributed by atoms with Crippen LogP contribution in [0.4, 0.5) is 11.4 Å². The summed E-state index contributed by atoms with van der Waals surface area (Å²) in [7, 11) is -3.54. The van der Waals surface area contributed by atoms with E-state index in [9.17, 15) is 8.42 Å². The van der Waals surface area contributed by atoms with Crippen LogP contribution in [0.15, 0.2) is 39.9 Å². The molecule has 0 fully saturated rings. The van der Waals surface area contributed by atoms with Crippen molar-refractivity contribution in [1.82, 2.24) is 0 Å². The topological polar surface area (TPSA) is 67.4 Å². The summed E-state index contributed by atoms with van der Waals surface area (Å²) < 4.78 is 32.9. The monoisotopic (exact) mass is 354 g/mol. The Bertz CT molecular complexity index is 801. The van der Waals surface area contributed by atoms with E-state index in [1.54, 1.807) is 35.7 Å². The van der Waals surface area contributed by atoms with Crippen LogP contribution in [0.1, 0.15) is 12.5 Å². The Hall–Kier alpha value is -1.64. The lowest BCUT2D eigenvalue weighted by atomic mass is 10.1. The summed E-state index contributed by atoms with van der Waals surface area (Å²) >= 11 is 6.26. The quantitative estimate of drug-likeness (QED) is 0.829. The molecule has 0 amide bonds. The third-order valence-electron chi connectivity index (χ3n) is 3.17. The van der Waals surface area contributed by atoms with Crippen molar-refractivity contribution in [1.29, 1.82) is 0 Å². The summed E-state index contributed by atoms with van der Waals surface area (Å²) in [6, 6.07) is 8.60. The highest BCUT2D eigenvalue weighted by Gasteiger charge is 2.19. The minimum absolute atomic E-state index is 0.0644. The second-order valence-electron chi connectivity index (χ2n) is 4.95. The Morgan fingerprint density at radius 2 is 2.23 bits per heavy atom. The van der Waals surface area contributed by atoms with Crippen LogP contribution in [0.5, 0.6) is 0 Å². The standard InChI is InChI=1S/C14H14N2O3S3/c1-9-7-10-8-11(4-5-12(10)15-14(20)19-9)16-22(17,18)13-3-2-6-21-13/h2-6,8-9,16H,7H2,1H3,(H,15,20). The van der Waals surface area contributed by atoms with E-state index in [0.29, 0.717) is 21.5 Å². The van der Waals surface area contributed by atoms with Gasteiger partial charge in [0.1, 0.15) is 10.3 Å². The number of nitrogens with one attached hydrogen (secondary N) is 2. The molecule has 1 unspecified atom stereocenters. The fourth-order valence-electron chi connectivity index (χ4n) is 2.24. The zero-order valence-electron chi connectivity index (χ0n) is 11.7. The van der Waals surface area contributed by atoms with Crippen LogP contribution in [-0.2, 0) is 21.2 Å². The minimum Gasteiger partial charge on any atom is -0.467 e. The van der Waals surface area contributed by atoms with Crippen molar-refractivity contribution in [3.05, 3.63) is 41.3 Å². The fraction of sp³-hybridized carbons (Fsp3) is 0.214. The first kappa shape index (κ1) is 15.3. The van der Waals surface area contributed by atoms with Gasteiger partial charge in [0.2, 0.25) is 0 Å². The molecule has 1 aromatic carbocycles. The van der Waals surface area contributed by atoms with Gasteiger partial charge in [-0.25, -0.2) is 8.42 Å². The zero-order chi connectivity index (χ0) is 15.7. The number of sulfonamides is 1. The SMILES string of the molecule is CC1Cc2cc(NS(=O)(=O)c3cccs3)ccc2NC(=S)O1. The second-order valence-corrected chi connectivity index (χ2v) is 8.18. The van der Waals surface area contributed by atoms with Gasteiger partial charge in [0, 0.05) is 17.8 Å². The normalized spacial score (nSPS) is 17.9. The maximum Gasteiger partial charge on any atom is 0.271 e. The molecule has 22 heavy (non-hydrogen) atoms. The Labute approximate surface area is 138 Å². The number of benzene rings is 1. The fourth-order valence-corrected chi connectivity index (χ4v) is 4.56. The van der Waals surface area contributed by atoms with Gasteiger partial charge in [-0.15, -0.1) is 11.3 Å². The Balaban J connectivity index is 1.89. The number of hydrogen-bond donors (Lipinski definition) is 2. The molecular formula is C14H14N2O3S3. The number of anilines is 2. The molecule has 2 N–H and O–H groups in total. The molecule has 5 nitrogen and oxygen atoms in total. The van der Waals surface area contributed by atoms with Crippen molar-refractivity contribution in [2.24, 2.45) is 0 Å². The largest absolute Gasteiger partial charge is 0.467 e. The van der Waals surface area contributed by atoms with Crippen molar-refractivity contribution in [3.8, 4) is 0 Å². The van der Waals surface area contributed by atoms with Crippen LogP contribution < -0.4 is 10.0 Å². The van der Waals surface area contributed by atoms with Crippen LogP contribution >= 0.6 is 23.6 Å². The van der Waals surface area contributed by atoms with Crippen LogP contribution in [0.2, 0.25) is 0 Å². The lowest BCUT2D eigenvalue weighted by Gasteiger charge is -2.11. The molecule has 116 valence electrons. The third-order valence-corrected chi connectivity index (χ3v) is 6.15. The van der Waals surface area contributed by atoms with Gasteiger partial charge in [-0.1, -0.05) is 6.07 Å². The molecule has 0 aliphatic carbocycles. The summed E-state index contributed by atoms with van der Waals surface area (Å²) in [4.78, 5) is 0. The first-order valence-electron chi connectivity index (χ1n) is 6.61. The van der Waals surface area contributed by atoms with E-state index in [0.717, 1.165) is 11.3 Å². The summed E-state index contributed by atoms with van der Waals surface area (Å²) in [6.45, 7) is 1.92. The molecule has 0 saturated carbocycles. The Morgan fingerprint density at radius 1 is 1.41 bits per heavy atom. The molecule has 8 heteroatoms. The summed E-state index contributed by atoms with van der Waals surface area (Å²) in [5.74, 6) is 0. The highest BCUT2D eigenvalue weighted by atomic mass is 32.2. The van der Waals surface area contributed by atoms with Crippen LogP contribution in [0.3, 0.4) is 0 Å². The van der Waals surface area contributed by atoms with Gasteiger partial charge in [0.05, 0.1) is 0 Å². The molecule has 2 heterocycles. The van der Waals surface area contributed by atoms with Gasteiger partial charge in [-0.2, -0.15) is 0 Å². The van der Waals surface area contributed by atoms with Gasteiger partial charge >= 0.3 is 0 Å². The van der Waals surface area contributed by atoms with Crippen molar-refractivity contribution < 1.29 is 13.2 Å². The van der Waals surface area contributed by atoms with Crippen molar-refractivity contribution >= 4 is 50.1 Å². The number of thiophene rings is 1. The molecule has 1 atom stereocenters. The van der Waals surface area contributed by atoms with Gasteiger partial charge in [-0.3, -0.25) is 4.72 Å². The average Bonchev–Trinajstić information content (AvgIpc) is 2.91. The van der Waals surface area contributed by atoms with E-state index in [-0.39, 0.29) is 6.10 Å². The predicted molar refractivity (Wildman–Crippen MR) is 92.0 cm³/mol. The minimum atomic E-state index is -3.54. The van der Waals surface area contributed by atoms with E-state index < -0.39 is 10.0 Å². The lowest BCUT2D eigenvalue weighted by Crippen LogP contribution is -2.16. The molecule has 3 rings (SSSR count). The van der Waals surface area contributed by atoms with Crippen molar-refractivity contribution in [3.63, 3.8) is 0 Å². The summed E-state index contributed by atoms with van der Waals surface area (Å²) in [5.41, 5.74) is 2.32. The predicted octanol–water partition coefficient (Wildman–Crippen LogP) is 3.21. The van der Waals surface area contributed by atoms with Gasteiger partial charge < -0.3 is 10.1 Å². The average molecular weight is 354 g/mol. The highest BCUT2D eigenvalue weighted by molar-refractivity contribution is 7.94. The van der Waals surface area contributed by atoms with Crippen molar-refractivity contribution in [2.75, 3.05) is 10.0 Å². The molecule has 0 spiro atoms. The van der Waals surface area contributed by atoms with Crippen molar-refractivity contribution in [2.45, 2.75) is 23.7 Å². The summed E-state index contributed by atoms with van der Waals surface area (Å²) in [5, 5.41) is 5.07. The first-order chi connectivity index (χ1) is 10.4. The van der Waals surface area contributed by atoms with E-state index in [2.05, 4.69) is 10.0 Å². The molecule has 0 radical (unpaired) electrons. The molecule has 0 bridgehead atoms. The number of ether oxygens (including phenoxy) is 1. The lowest BCUT2D eigenvalue weighted by molar-refractivity contribution is 0.217. The number of fused-ring (bicyclic) bond motifs is 1. The smallest absolute Gasteiger partial charge is 0.271 e. The maximum atomic E-state index is 12.3. The molecule has 1 aliphatic heterocycles. The zero-order valence-corrected chi connectivity index (χ0v) is 14.1. The summed E-state index contributed by atoms with van der Waals surface area (Å²) in [6.07, 6.45) is 0.585. The van der Waals surface area contributed by atoms with Crippen LogP contribution in [0.25, 0.3) is 0 Å². The molecule has 1 aliphatic rings. The molecule has 1 aromatic heterocycles. The second kappa shape index (κ2) is 5.86. The van der Waals surface area contributed by atoms with E-state index >= 15 is 0 Å². The van der Waals surface area contributed by atoms with Gasteiger partial charge in [0.15, 0.2) is 0 Å². The van der Waals surface area contributed by atoms with E-state index in [1.807, 2.05) is 6.92 Å². The van der Waals surface area contributed by atoms with Gasteiger partial charge in [-0.05, 0) is 54.4 Å². The third kappa shape index (κ3) is 3.23. The Morgan fingerprint density at radius 3 is 2.95 bits per heavy atom. The highest BCUT2D eigenvalue weighted by Crippen LogP contribution is 2.27. The first-order valence-corrected chi connectivity index (χ1v) is 9.38. The molecular weight excluding hydrogens is 340 g/mol. The van der Waals surface area contributed by atoms with E-state index in [1.165, 1.54) is 11.3 Å². The number of hydrogen-bond acceptors (Lipinski definition) is 5. The van der Waals surface area contributed by atoms with E-state index in [4.69, 9.17) is 17.0 Å². The Kier molecular flexibility index (Phi) is 4.07. The molecule has 2 aromatic rings. The number of thiocarbonyl (C=S) groups is 1. The number of rotatable bonds is 3. The van der Waals surface area contributed by atoms with Crippen LogP contribution in [0, 0.1) is 0 Å². The van der Waals surface area contributed by atoms with Gasteiger partial charge in [0.25, 0.3) is 15.2 Å². The molecule has 0 saturated heterocycles. The van der Waals surface area contributed by atoms with Crippen LogP contribution in [-0.4, -0.2) is 19.7 Å². The maximum absolute atomic E-state index is 12.3.